The Hall–Kier alpha value is -0.610. The third-order valence-corrected chi connectivity index (χ3v) is 8.56. The molecule has 1 N–H and O–H groups in total. The Kier molecular flexibility index (Phi) is 4.55. The molecule has 0 spiro atoms. The molecule has 5 aliphatic carbocycles. The molecule has 0 unspecified atom stereocenters. The van der Waals surface area contributed by atoms with Crippen molar-refractivity contribution in [2.45, 2.75) is 76.2 Å². The lowest BCUT2D eigenvalue weighted by molar-refractivity contribution is -0.147. The average Bonchev–Trinajstić information content (AvgIpc) is 2.66. The highest BCUT2D eigenvalue weighted by Gasteiger charge is 2.54. The number of nitrogens with zero attached hydrogens (tertiary/aromatic N) is 1. The van der Waals surface area contributed by atoms with Crippen molar-refractivity contribution in [3.63, 3.8) is 0 Å². The van der Waals surface area contributed by atoms with Gasteiger partial charge in [0.25, 0.3) is 0 Å². The molecule has 1 aliphatic heterocycles. The molecule has 0 aromatic rings. The Morgan fingerprint density at radius 2 is 1.50 bits per heavy atom. The summed E-state index contributed by atoms with van der Waals surface area (Å²) in [6.45, 7) is 4.64. The fourth-order valence-electron chi connectivity index (χ4n) is 7.67. The van der Waals surface area contributed by atoms with Crippen LogP contribution in [0.1, 0.15) is 70.6 Å². The molecule has 6 fully saturated rings. The van der Waals surface area contributed by atoms with Crippen LogP contribution < -0.4 is 5.32 Å². The summed E-state index contributed by atoms with van der Waals surface area (Å²) in [6, 6.07) is 0. The largest absolute Gasteiger partial charge is 0.379 e. The minimum Gasteiger partial charge on any atom is -0.379 e. The first-order valence-corrected chi connectivity index (χ1v) is 11.3. The van der Waals surface area contributed by atoms with Gasteiger partial charge >= 0.3 is 0 Å². The summed E-state index contributed by atoms with van der Waals surface area (Å²) in [7, 11) is 0. The fraction of sp³-hybridized carbons (Fsp3) is 0.955. The van der Waals surface area contributed by atoms with Gasteiger partial charge in [-0.3, -0.25) is 9.69 Å². The standard InChI is InChI=1S/C22H36N2O2/c25-20(21-13-17-10-18(14-21)12-19(11-17)15-21)23-16-22(4-2-1-3-5-22)24-6-8-26-9-7-24/h17-19H,1-16H2,(H,23,25). The van der Waals surface area contributed by atoms with Crippen molar-refractivity contribution in [3.8, 4) is 0 Å². The number of amides is 1. The normalized spacial score (nSPS) is 41.9. The number of hydrogen-bond acceptors (Lipinski definition) is 3. The van der Waals surface area contributed by atoms with Crippen molar-refractivity contribution in [2.75, 3.05) is 32.8 Å². The van der Waals surface area contributed by atoms with Crippen LogP contribution in [0.25, 0.3) is 0 Å². The lowest BCUT2D eigenvalue weighted by atomic mass is 9.49. The van der Waals surface area contributed by atoms with Gasteiger partial charge in [-0.1, -0.05) is 19.3 Å². The van der Waals surface area contributed by atoms with Crippen LogP contribution in [0.4, 0.5) is 0 Å². The molecule has 1 heterocycles. The first kappa shape index (κ1) is 17.5. The van der Waals surface area contributed by atoms with Gasteiger partial charge in [0.05, 0.1) is 13.2 Å². The Balaban J connectivity index is 1.28. The highest BCUT2D eigenvalue weighted by Crippen LogP contribution is 2.60. The third kappa shape index (κ3) is 3.01. The predicted octanol–water partition coefficient (Wildman–Crippen LogP) is 3.35. The van der Waals surface area contributed by atoms with Gasteiger partial charge in [0.1, 0.15) is 0 Å². The van der Waals surface area contributed by atoms with Crippen LogP contribution in [-0.4, -0.2) is 49.2 Å². The summed E-state index contributed by atoms with van der Waals surface area (Å²) in [5.41, 5.74) is 0.190. The molecule has 5 saturated carbocycles. The van der Waals surface area contributed by atoms with E-state index in [1.165, 1.54) is 70.6 Å². The van der Waals surface area contributed by atoms with Crippen molar-refractivity contribution in [1.29, 1.82) is 0 Å². The van der Waals surface area contributed by atoms with E-state index in [0.29, 0.717) is 5.91 Å². The molecular weight excluding hydrogens is 324 g/mol. The Labute approximate surface area is 158 Å². The number of morpholine rings is 1. The number of hydrogen-bond donors (Lipinski definition) is 1. The van der Waals surface area contributed by atoms with Gasteiger partial charge in [-0.15, -0.1) is 0 Å². The van der Waals surface area contributed by atoms with Gasteiger partial charge in [0, 0.05) is 30.6 Å². The lowest BCUT2D eigenvalue weighted by Crippen LogP contribution is -2.61. The Morgan fingerprint density at radius 3 is 2.08 bits per heavy atom. The lowest BCUT2D eigenvalue weighted by Gasteiger charge is -2.56. The smallest absolute Gasteiger partial charge is 0.226 e. The summed E-state index contributed by atoms with van der Waals surface area (Å²) in [5.74, 6) is 2.94. The quantitative estimate of drug-likeness (QED) is 0.836. The van der Waals surface area contributed by atoms with E-state index in [2.05, 4.69) is 10.2 Å². The monoisotopic (exact) mass is 360 g/mol. The summed E-state index contributed by atoms with van der Waals surface area (Å²) in [4.78, 5) is 16.1. The molecule has 0 radical (unpaired) electrons. The zero-order valence-corrected chi connectivity index (χ0v) is 16.3. The van der Waals surface area contributed by atoms with Crippen molar-refractivity contribution < 1.29 is 9.53 Å². The van der Waals surface area contributed by atoms with Gasteiger partial charge in [-0.05, 0) is 69.1 Å². The van der Waals surface area contributed by atoms with Crippen LogP contribution in [-0.2, 0) is 9.53 Å². The van der Waals surface area contributed by atoms with Crippen LogP contribution in [0.5, 0.6) is 0 Å². The van der Waals surface area contributed by atoms with E-state index in [1.54, 1.807) is 0 Å². The van der Waals surface area contributed by atoms with Crippen LogP contribution in [0.15, 0.2) is 0 Å². The number of ether oxygens (including phenoxy) is 1. The van der Waals surface area contributed by atoms with E-state index in [-0.39, 0.29) is 11.0 Å². The maximum absolute atomic E-state index is 13.4. The molecule has 1 amide bonds. The van der Waals surface area contributed by atoms with Crippen LogP contribution in [0.3, 0.4) is 0 Å². The van der Waals surface area contributed by atoms with Crippen molar-refractivity contribution >= 4 is 5.91 Å². The SMILES string of the molecule is O=C(NCC1(N2CCOCC2)CCCCC1)C12CC3CC(CC(C3)C1)C2. The van der Waals surface area contributed by atoms with Gasteiger partial charge in [-0.2, -0.15) is 0 Å². The Bertz CT molecular complexity index is 499. The summed E-state index contributed by atoms with van der Waals surface area (Å²) in [6.07, 6.45) is 14.2. The van der Waals surface area contributed by atoms with E-state index < -0.39 is 0 Å². The number of nitrogens with one attached hydrogen (secondary N) is 1. The van der Waals surface area contributed by atoms with Crippen molar-refractivity contribution in [2.24, 2.45) is 23.2 Å². The van der Waals surface area contributed by atoms with E-state index >= 15 is 0 Å². The van der Waals surface area contributed by atoms with Gasteiger partial charge in [-0.25, -0.2) is 0 Å². The molecule has 146 valence electrons. The first-order valence-electron chi connectivity index (χ1n) is 11.3. The molecule has 26 heavy (non-hydrogen) atoms. The minimum absolute atomic E-state index is 0.00435. The molecule has 1 saturated heterocycles. The zero-order valence-electron chi connectivity index (χ0n) is 16.3. The number of carbonyl (C=O) groups excluding carboxylic acids is 1. The topological polar surface area (TPSA) is 41.6 Å². The third-order valence-electron chi connectivity index (χ3n) is 8.56. The second-order valence-electron chi connectivity index (χ2n) is 10.3. The van der Waals surface area contributed by atoms with Crippen molar-refractivity contribution in [3.05, 3.63) is 0 Å². The fourth-order valence-corrected chi connectivity index (χ4v) is 7.67. The van der Waals surface area contributed by atoms with E-state index in [9.17, 15) is 4.79 Å². The van der Waals surface area contributed by atoms with Gasteiger partial charge in [0.15, 0.2) is 0 Å². The molecule has 0 aromatic heterocycles. The number of carbonyl (C=O) groups is 1. The maximum atomic E-state index is 13.4. The van der Waals surface area contributed by atoms with E-state index in [1.807, 2.05) is 0 Å². The van der Waals surface area contributed by atoms with Crippen LogP contribution in [0, 0.1) is 23.2 Å². The molecular formula is C22H36N2O2. The molecule has 0 atom stereocenters. The maximum Gasteiger partial charge on any atom is 0.226 e. The van der Waals surface area contributed by atoms with Gasteiger partial charge in [0.2, 0.25) is 5.91 Å². The zero-order chi connectivity index (χ0) is 17.6. The molecule has 0 aromatic carbocycles. The van der Waals surface area contributed by atoms with Crippen LogP contribution >= 0.6 is 0 Å². The highest BCUT2D eigenvalue weighted by atomic mass is 16.5. The second kappa shape index (κ2) is 6.77. The Morgan fingerprint density at radius 1 is 0.923 bits per heavy atom. The molecule has 6 rings (SSSR count). The molecule has 6 aliphatic rings. The van der Waals surface area contributed by atoms with Crippen LogP contribution in [0.2, 0.25) is 0 Å². The minimum atomic E-state index is -0.00435. The van der Waals surface area contributed by atoms with Gasteiger partial charge < -0.3 is 10.1 Å². The molecule has 4 nitrogen and oxygen atoms in total. The second-order valence-corrected chi connectivity index (χ2v) is 10.3. The summed E-state index contributed by atoms with van der Waals surface area (Å²) < 4.78 is 5.60. The highest BCUT2D eigenvalue weighted by molar-refractivity contribution is 5.83. The van der Waals surface area contributed by atoms with E-state index in [0.717, 1.165) is 50.6 Å². The molecule has 4 heteroatoms. The van der Waals surface area contributed by atoms with Crippen molar-refractivity contribution in [1.82, 2.24) is 10.2 Å². The average molecular weight is 361 g/mol. The number of rotatable bonds is 4. The summed E-state index contributed by atoms with van der Waals surface area (Å²) in [5, 5.41) is 3.53. The molecule has 4 bridgehead atoms. The first-order chi connectivity index (χ1) is 12.7. The van der Waals surface area contributed by atoms with E-state index in [4.69, 9.17) is 4.74 Å². The predicted molar refractivity (Wildman–Crippen MR) is 102 cm³/mol. The summed E-state index contributed by atoms with van der Waals surface area (Å²) >= 11 is 0.